The molecule has 2 unspecified atom stereocenters. The van der Waals surface area contributed by atoms with Crippen molar-refractivity contribution < 1.29 is 10.2 Å². The number of nitrogens with one attached hydrogen (secondary N) is 1. The molecular formula is C38H79N3O2S2. The normalized spacial score (nSPS) is 15.7. The highest BCUT2D eigenvalue weighted by molar-refractivity contribution is 8.76. The van der Waals surface area contributed by atoms with Crippen LogP contribution in [0.3, 0.4) is 0 Å². The third-order valence-electron chi connectivity index (χ3n) is 9.46. The molecule has 2 atom stereocenters. The van der Waals surface area contributed by atoms with Crippen molar-refractivity contribution in [3.05, 3.63) is 0 Å². The molecule has 1 heterocycles. The van der Waals surface area contributed by atoms with E-state index in [-0.39, 0.29) is 12.2 Å². The van der Waals surface area contributed by atoms with E-state index < -0.39 is 0 Å². The van der Waals surface area contributed by atoms with Crippen LogP contribution < -0.4 is 5.32 Å². The number of nitrogens with zero attached hydrogens (tertiary/aromatic N) is 2. The van der Waals surface area contributed by atoms with E-state index in [0.29, 0.717) is 0 Å². The molecular weight excluding hydrogens is 595 g/mol. The van der Waals surface area contributed by atoms with E-state index in [1.807, 2.05) is 21.6 Å². The van der Waals surface area contributed by atoms with E-state index in [1.54, 1.807) is 0 Å². The van der Waals surface area contributed by atoms with Crippen molar-refractivity contribution >= 4 is 21.6 Å². The van der Waals surface area contributed by atoms with Crippen LogP contribution in [-0.2, 0) is 0 Å². The number of aliphatic hydroxyl groups excluding tert-OH is 2. The lowest BCUT2D eigenvalue weighted by Gasteiger charge is -2.27. The Morgan fingerprint density at radius 2 is 0.978 bits per heavy atom. The van der Waals surface area contributed by atoms with Crippen molar-refractivity contribution in [2.24, 2.45) is 0 Å². The topological polar surface area (TPSA) is 59.0 Å². The molecule has 3 N–H and O–H groups in total. The molecule has 0 aromatic rings. The largest absolute Gasteiger partial charge is 0.392 e. The zero-order valence-electron chi connectivity index (χ0n) is 30.3. The summed E-state index contributed by atoms with van der Waals surface area (Å²) in [5, 5.41) is 25.2. The Morgan fingerprint density at radius 1 is 0.556 bits per heavy atom. The molecule has 1 fully saturated rings. The van der Waals surface area contributed by atoms with Gasteiger partial charge < -0.3 is 15.5 Å². The molecule has 1 aliphatic rings. The summed E-state index contributed by atoms with van der Waals surface area (Å²) < 4.78 is 0. The number of unbranched alkanes of at least 4 members (excludes halogenated alkanes) is 19. The van der Waals surface area contributed by atoms with Crippen LogP contribution in [0.15, 0.2) is 0 Å². The number of aliphatic hydroxyl groups is 2. The van der Waals surface area contributed by atoms with Gasteiger partial charge in [-0.3, -0.25) is 9.80 Å². The lowest BCUT2D eigenvalue weighted by atomic mass is 10.0. The van der Waals surface area contributed by atoms with Gasteiger partial charge in [-0.2, -0.15) is 0 Å². The van der Waals surface area contributed by atoms with Gasteiger partial charge in [0.05, 0.1) is 12.2 Å². The SMILES string of the molecule is CCCCCCCCCCCCC(O)CN(CCCCSSCCN1CCNCC1)CC(O)CCCCCCCCCCCC. The monoisotopic (exact) mass is 674 g/mol. The molecule has 7 heteroatoms. The molecule has 0 bridgehead atoms. The van der Waals surface area contributed by atoms with E-state index in [2.05, 4.69) is 29.0 Å². The Labute approximate surface area is 290 Å². The standard InChI is InChI=1S/C38H79N3O2S2/c1-3-5-7-9-11-13-15-17-19-21-25-37(42)35-41(29-23-24-33-44-45-34-32-40-30-27-39-28-31-40)36-38(43)26-22-20-18-16-14-12-10-8-6-4-2/h37-39,42-43H,3-36H2,1-2H3. The van der Waals surface area contributed by atoms with Crippen LogP contribution in [0.25, 0.3) is 0 Å². The molecule has 5 nitrogen and oxygen atoms in total. The van der Waals surface area contributed by atoms with Crippen molar-refractivity contribution in [2.45, 2.75) is 180 Å². The molecule has 1 aliphatic heterocycles. The van der Waals surface area contributed by atoms with Crippen molar-refractivity contribution in [3.63, 3.8) is 0 Å². The van der Waals surface area contributed by atoms with Crippen LogP contribution in [0, 0.1) is 0 Å². The number of rotatable bonds is 35. The Bertz CT molecular complexity index is 551. The molecule has 0 aromatic carbocycles. The van der Waals surface area contributed by atoms with Gasteiger partial charge in [0, 0.05) is 57.3 Å². The summed E-state index contributed by atoms with van der Waals surface area (Å²) in [6.45, 7) is 12.9. The van der Waals surface area contributed by atoms with Gasteiger partial charge in [0.15, 0.2) is 0 Å². The number of hydrogen-bond donors (Lipinski definition) is 3. The Hall–Kier alpha value is 0.500. The van der Waals surface area contributed by atoms with Crippen LogP contribution in [-0.4, -0.2) is 96.1 Å². The maximum Gasteiger partial charge on any atom is 0.0667 e. The lowest BCUT2D eigenvalue weighted by Crippen LogP contribution is -2.44. The summed E-state index contributed by atoms with van der Waals surface area (Å²) >= 11 is 0. The predicted octanol–water partition coefficient (Wildman–Crippen LogP) is 9.70. The van der Waals surface area contributed by atoms with Gasteiger partial charge >= 0.3 is 0 Å². The fraction of sp³-hybridized carbons (Fsp3) is 1.00. The minimum Gasteiger partial charge on any atom is -0.392 e. The van der Waals surface area contributed by atoms with Crippen molar-refractivity contribution in [3.8, 4) is 0 Å². The Balaban J connectivity index is 2.22. The minimum absolute atomic E-state index is 0.265. The van der Waals surface area contributed by atoms with Crippen LogP contribution in [0.5, 0.6) is 0 Å². The molecule has 0 spiro atoms. The number of piperazine rings is 1. The summed E-state index contributed by atoms with van der Waals surface area (Å²) in [5.41, 5.74) is 0. The maximum absolute atomic E-state index is 10.9. The van der Waals surface area contributed by atoms with Gasteiger partial charge in [-0.25, -0.2) is 0 Å². The highest BCUT2D eigenvalue weighted by Gasteiger charge is 2.16. The van der Waals surface area contributed by atoms with E-state index >= 15 is 0 Å². The van der Waals surface area contributed by atoms with E-state index in [0.717, 1.165) is 64.8 Å². The molecule has 0 aromatic heterocycles. The van der Waals surface area contributed by atoms with Gasteiger partial charge in [-0.1, -0.05) is 164 Å². The summed E-state index contributed by atoms with van der Waals surface area (Å²) in [7, 11) is 4.05. The second kappa shape index (κ2) is 34.4. The first-order valence-corrected chi connectivity index (χ1v) is 22.4. The molecule has 270 valence electrons. The average molecular weight is 674 g/mol. The van der Waals surface area contributed by atoms with Crippen LogP contribution >= 0.6 is 21.6 Å². The Morgan fingerprint density at radius 3 is 1.44 bits per heavy atom. The molecule has 0 aliphatic carbocycles. The smallest absolute Gasteiger partial charge is 0.0667 e. The zero-order chi connectivity index (χ0) is 32.5. The van der Waals surface area contributed by atoms with Crippen LogP contribution in [0.2, 0.25) is 0 Å². The summed E-state index contributed by atoms with van der Waals surface area (Å²) in [6, 6.07) is 0. The highest BCUT2D eigenvalue weighted by Crippen LogP contribution is 2.23. The van der Waals surface area contributed by atoms with Crippen molar-refractivity contribution in [2.75, 3.05) is 63.9 Å². The van der Waals surface area contributed by atoms with Gasteiger partial charge in [-0.15, -0.1) is 0 Å². The fourth-order valence-corrected chi connectivity index (χ4v) is 8.66. The second-order valence-corrected chi connectivity index (χ2v) is 16.7. The van der Waals surface area contributed by atoms with Crippen molar-refractivity contribution in [1.82, 2.24) is 15.1 Å². The van der Waals surface area contributed by atoms with Crippen LogP contribution in [0.1, 0.15) is 168 Å². The van der Waals surface area contributed by atoms with Gasteiger partial charge in [0.2, 0.25) is 0 Å². The molecule has 0 saturated carbocycles. The third kappa shape index (κ3) is 30.3. The van der Waals surface area contributed by atoms with E-state index in [9.17, 15) is 10.2 Å². The molecule has 0 radical (unpaired) electrons. The first-order valence-electron chi connectivity index (χ1n) is 19.9. The number of hydrogen-bond acceptors (Lipinski definition) is 7. The first kappa shape index (κ1) is 43.5. The van der Waals surface area contributed by atoms with Gasteiger partial charge in [0.25, 0.3) is 0 Å². The first-order chi connectivity index (χ1) is 22.2. The second-order valence-electron chi connectivity index (χ2n) is 14.0. The van der Waals surface area contributed by atoms with Gasteiger partial charge in [-0.05, 0) is 32.2 Å². The molecule has 1 rings (SSSR count). The molecule has 45 heavy (non-hydrogen) atoms. The van der Waals surface area contributed by atoms with E-state index in [1.165, 1.54) is 153 Å². The fourth-order valence-electron chi connectivity index (χ4n) is 6.49. The highest BCUT2D eigenvalue weighted by atomic mass is 33.1. The third-order valence-corrected chi connectivity index (χ3v) is 11.9. The summed E-state index contributed by atoms with van der Waals surface area (Å²) in [6.07, 6.45) is 30.3. The predicted molar refractivity (Wildman–Crippen MR) is 205 cm³/mol. The molecule has 0 amide bonds. The van der Waals surface area contributed by atoms with Gasteiger partial charge in [0.1, 0.15) is 0 Å². The summed E-state index contributed by atoms with van der Waals surface area (Å²) in [4.78, 5) is 4.95. The minimum atomic E-state index is -0.265. The van der Waals surface area contributed by atoms with Crippen LogP contribution in [0.4, 0.5) is 0 Å². The molecule has 1 saturated heterocycles. The quantitative estimate of drug-likeness (QED) is 0.0457. The lowest BCUT2D eigenvalue weighted by molar-refractivity contribution is 0.0599. The maximum atomic E-state index is 10.9. The summed E-state index contributed by atoms with van der Waals surface area (Å²) in [5.74, 6) is 2.41. The Kier molecular flexibility index (Phi) is 33.2. The van der Waals surface area contributed by atoms with E-state index in [4.69, 9.17) is 0 Å². The van der Waals surface area contributed by atoms with Crippen molar-refractivity contribution in [1.29, 1.82) is 0 Å². The average Bonchev–Trinajstić information content (AvgIpc) is 3.04. The zero-order valence-corrected chi connectivity index (χ0v) is 31.9.